The van der Waals surface area contributed by atoms with Crippen LogP contribution in [0, 0.1) is 0 Å². The fourth-order valence-corrected chi connectivity index (χ4v) is 1.60. The molecule has 0 aromatic carbocycles. The molecule has 0 aromatic rings. The van der Waals surface area contributed by atoms with E-state index in [2.05, 4.69) is 10.6 Å². The van der Waals surface area contributed by atoms with E-state index in [9.17, 15) is 9.59 Å². The second-order valence-electron chi connectivity index (χ2n) is 4.10. The Morgan fingerprint density at radius 1 is 1.56 bits per heavy atom. The number of amides is 2. The molecule has 16 heavy (non-hydrogen) atoms. The van der Waals surface area contributed by atoms with Crippen molar-refractivity contribution in [2.24, 2.45) is 0 Å². The van der Waals surface area contributed by atoms with Crippen LogP contribution in [0.1, 0.15) is 26.2 Å². The van der Waals surface area contributed by atoms with Crippen LogP contribution in [0.2, 0.25) is 0 Å². The van der Waals surface area contributed by atoms with Gasteiger partial charge < -0.3 is 20.8 Å². The number of aliphatic hydroxyl groups is 2. The average molecular weight is 230 g/mol. The van der Waals surface area contributed by atoms with Crippen molar-refractivity contribution in [1.29, 1.82) is 0 Å². The van der Waals surface area contributed by atoms with Crippen molar-refractivity contribution in [2.75, 3.05) is 13.2 Å². The molecular formula is C10H18N2O4. The number of rotatable bonds is 5. The smallest absolute Gasteiger partial charge is 0.243 e. The lowest BCUT2D eigenvalue weighted by molar-refractivity contribution is -0.128. The summed E-state index contributed by atoms with van der Waals surface area (Å²) in [5.74, 6) is -0.494. The largest absolute Gasteiger partial charge is 0.394 e. The summed E-state index contributed by atoms with van der Waals surface area (Å²) in [5.41, 5.74) is -0.996. The summed E-state index contributed by atoms with van der Waals surface area (Å²) in [6.07, 6.45) is 1.23. The maximum Gasteiger partial charge on any atom is 0.243 e. The van der Waals surface area contributed by atoms with E-state index in [1.807, 2.05) is 0 Å². The quantitative estimate of drug-likeness (QED) is 0.462. The molecule has 0 spiro atoms. The molecule has 0 radical (unpaired) electrons. The number of hydrogen-bond donors (Lipinski definition) is 4. The lowest BCUT2D eigenvalue weighted by atomic mass is 9.97. The molecule has 4 N–H and O–H groups in total. The van der Waals surface area contributed by atoms with Crippen molar-refractivity contribution in [2.45, 2.75) is 37.8 Å². The lowest BCUT2D eigenvalue weighted by Gasteiger charge is -2.30. The van der Waals surface area contributed by atoms with Crippen LogP contribution in [0.15, 0.2) is 0 Å². The van der Waals surface area contributed by atoms with E-state index < -0.39 is 11.6 Å². The summed E-state index contributed by atoms with van der Waals surface area (Å²) < 4.78 is 0. The van der Waals surface area contributed by atoms with Crippen molar-refractivity contribution in [3.8, 4) is 0 Å². The summed E-state index contributed by atoms with van der Waals surface area (Å²) in [6, 6.07) is -0.545. The van der Waals surface area contributed by atoms with Crippen LogP contribution in [0.5, 0.6) is 0 Å². The van der Waals surface area contributed by atoms with Gasteiger partial charge in [0.25, 0.3) is 0 Å². The molecule has 0 aromatic heterocycles. The molecule has 1 rings (SSSR count). The van der Waals surface area contributed by atoms with Gasteiger partial charge in [0.1, 0.15) is 6.04 Å². The van der Waals surface area contributed by atoms with Gasteiger partial charge in [-0.05, 0) is 12.8 Å². The van der Waals surface area contributed by atoms with Gasteiger partial charge in [-0.15, -0.1) is 0 Å². The van der Waals surface area contributed by atoms with E-state index in [1.165, 1.54) is 0 Å². The molecule has 0 saturated carbocycles. The van der Waals surface area contributed by atoms with Gasteiger partial charge >= 0.3 is 0 Å². The first-order valence-electron chi connectivity index (χ1n) is 5.40. The second kappa shape index (κ2) is 5.27. The fraction of sp³-hybridized carbons (Fsp3) is 0.800. The SMILES string of the molecule is CCC(CO)(CO)NC(=O)[C@H]1CCC(=O)N1. The lowest BCUT2D eigenvalue weighted by Crippen LogP contribution is -2.57. The van der Waals surface area contributed by atoms with E-state index in [4.69, 9.17) is 10.2 Å². The Bertz CT molecular complexity index is 268. The summed E-state index contributed by atoms with van der Waals surface area (Å²) in [4.78, 5) is 22.7. The fourth-order valence-electron chi connectivity index (χ4n) is 1.60. The Labute approximate surface area is 94.0 Å². The van der Waals surface area contributed by atoms with E-state index in [0.29, 0.717) is 19.3 Å². The Kier molecular flexibility index (Phi) is 4.26. The molecular weight excluding hydrogens is 212 g/mol. The minimum absolute atomic E-state index is 0.143. The number of aliphatic hydroxyl groups excluding tert-OH is 2. The topological polar surface area (TPSA) is 98.7 Å². The first kappa shape index (κ1) is 12.9. The Morgan fingerprint density at radius 2 is 2.19 bits per heavy atom. The molecule has 1 aliphatic heterocycles. The van der Waals surface area contributed by atoms with Gasteiger partial charge in [-0.25, -0.2) is 0 Å². The predicted molar refractivity (Wildman–Crippen MR) is 56.5 cm³/mol. The van der Waals surface area contributed by atoms with Crippen LogP contribution in [-0.2, 0) is 9.59 Å². The van der Waals surface area contributed by atoms with Gasteiger partial charge in [-0.2, -0.15) is 0 Å². The number of nitrogens with one attached hydrogen (secondary N) is 2. The van der Waals surface area contributed by atoms with Gasteiger partial charge in [-0.1, -0.05) is 6.92 Å². The highest BCUT2D eigenvalue weighted by Crippen LogP contribution is 2.12. The van der Waals surface area contributed by atoms with E-state index in [0.717, 1.165) is 0 Å². The number of carbonyl (C=O) groups excluding carboxylic acids is 2. The normalized spacial score (nSPS) is 20.7. The molecule has 0 bridgehead atoms. The van der Waals surface area contributed by atoms with Crippen LogP contribution in [0.3, 0.4) is 0 Å². The van der Waals surface area contributed by atoms with E-state index in [-0.39, 0.29) is 25.0 Å². The summed E-state index contributed by atoms with van der Waals surface area (Å²) in [5, 5.41) is 23.4. The van der Waals surface area contributed by atoms with Crippen LogP contribution >= 0.6 is 0 Å². The molecule has 1 atom stereocenters. The monoisotopic (exact) mass is 230 g/mol. The molecule has 0 aliphatic carbocycles. The minimum Gasteiger partial charge on any atom is -0.394 e. The standard InChI is InChI=1S/C10H18N2O4/c1-2-10(5-13,6-14)12-9(16)7-3-4-8(15)11-7/h7,13-14H,2-6H2,1H3,(H,11,15)(H,12,16)/t7-/m1/s1. The Morgan fingerprint density at radius 3 is 2.56 bits per heavy atom. The van der Waals surface area contributed by atoms with Crippen LogP contribution < -0.4 is 10.6 Å². The molecule has 0 unspecified atom stereocenters. The van der Waals surface area contributed by atoms with Crippen molar-refractivity contribution in [3.05, 3.63) is 0 Å². The highest BCUT2D eigenvalue weighted by atomic mass is 16.3. The number of hydrogen-bond acceptors (Lipinski definition) is 4. The van der Waals surface area contributed by atoms with Crippen molar-refractivity contribution in [3.63, 3.8) is 0 Å². The highest BCUT2D eigenvalue weighted by molar-refractivity contribution is 5.91. The predicted octanol–water partition coefficient (Wildman–Crippen LogP) is -1.49. The zero-order chi connectivity index (χ0) is 12.2. The third-order valence-corrected chi connectivity index (χ3v) is 2.98. The average Bonchev–Trinajstić information content (AvgIpc) is 2.73. The molecule has 1 heterocycles. The molecule has 6 nitrogen and oxygen atoms in total. The van der Waals surface area contributed by atoms with Crippen LogP contribution in [0.4, 0.5) is 0 Å². The summed E-state index contributed by atoms with van der Waals surface area (Å²) in [6.45, 7) is 1.11. The van der Waals surface area contributed by atoms with Crippen molar-refractivity contribution < 1.29 is 19.8 Å². The maximum absolute atomic E-state index is 11.7. The van der Waals surface area contributed by atoms with E-state index in [1.54, 1.807) is 6.92 Å². The molecule has 1 fully saturated rings. The summed E-state index contributed by atoms with van der Waals surface area (Å²) >= 11 is 0. The Balaban J connectivity index is 2.58. The van der Waals surface area contributed by atoms with E-state index >= 15 is 0 Å². The maximum atomic E-state index is 11.7. The van der Waals surface area contributed by atoms with Gasteiger partial charge in [0.15, 0.2) is 0 Å². The van der Waals surface area contributed by atoms with Gasteiger partial charge in [0, 0.05) is 6.42 Å². The third kappa shape index (κ3) is 2.70. The number of carbonyl (C=O) groups is 2. The molecule has 2 amide bonds. The molecule has 1 saturated heterocycles. The molecule has 6 heteroatoms. The van der Waals surface area contributed by atoms with Gasteiger partial charge in [0.2, 0.25) is 11.8 Å². The zero-order valence-corrected chi connectivity index (χ0v) is 9.32. The van der Waals surface area contributed by atoms with Crippen molar-refractivity contribution in [1.82, 2.24) is 10.6 Å². The third-order valence-electron chi connectivity index (χ3n) is 2.98. The van der Waals surface area contributed by atoms with Crippen LogP contribution in [-0.4, -0.2) is 46.8 Å². The summed E-state index contributed by atoms with van der Waals surface area (Å²) in [7, 11) is 0. The second-order valence-corrected chi connectivity index (χ2v) is 4.10. The minimum atomic E-state index is -0.996. The molecule has 1 aliphatic rings. The van der Waals surface area contributed by atoms with Gasteiger partial charge in [0.05, 0.1) is 18.8 Å². The first-order chi connectivity index (χ1) is 7.56. The Hall–Kier alpha value is -1.14. The van der Waals surface area contributed by atoms with Crippen molar-refractivity contribution >= 4 is 11.8 Å². The first-order valence-corrected chi connectivity index (χ1v) is 5.40. The highest BCUT2D eigenvalue weighted by Gasteiger charge is 2.34. The van der Waals surface area contributed by atoms with Gasteiger partial charge in [-0.3, -0.25) is 9.59 Å². The zero-order valence-electron chi connectivity index (χ0n) is 9.32. The van der Waals surface area contributed by atoms with Crippen LogP contribution in [0.25, 0.3) is 0 Å². The molecule has 92 valence electrons.